The molecule has 0 radical (unpaired) electrons. The van der Waals surface area contributed by atoms with Gasteiger partial charge in [0, 0.05) is 25.0 Å². The minimum absolute atomic E-state index is 0.0430. The highest BCUT2D eigenvalue weighted by Crippen LogP contribution is 2.33. The summed E-state index contributed by atoms with van der Waals surface area (Å²) >= 11 is 0. The summed E-state index contributed by atoms with van der Waals surface area (Å²) in [4.78, 5) is 27.1. The van der Waals surface area contributed by atoms with Crippen molar-refractivity contribution < 1.29 is 22.8 Å². The maximum Gasteiger partial charge on any atom is 0.419 e. The topological polar surface area (TPSA) is 95.2 Å². The molecular formula is C18H20F3N5O2. The van der Waals surface area contributed by atoms with Crippen molar-refractivity contribution in [1.82, 2.24) is 15.6 Å². The third kappa shape index (κ3) is 6.78. The molecule has 3 amide bonds. The van der Waals surface area contributed by atoms with E-state index >= 15 is 0 Å². The van der Waals surface area contributed by atoms with Gasteiger partial charge in [-0.1, -0.05) is 12.1 Å². The minimum Gasteiger partial charge on any atom is -0.368 e. The minimum atomic E-state index is -4.52. The molecule has 0 aliphatic carbocycles. The van der Waals surface area contributed by atoms with Crippen molar-refractivity contribution in [1.29, 1.82) is 0 Å². The first kappa shape index (κ1) is 21.0. The Balaban J connectivity index is 1.69. The van der Waals surface area contributed by atoms with Crippen LogP contribution in [-0.4, -0.2) is 36.6 Å². The number of aromatic nitrogens is 1. The van der Waals surface area contributed by atoms with E-state index in [1.165, 1.54) is 12.3 Å². The average Bonchev–Trinajstić information content (AvgIpc) is 2.63. The van der Waals surface area contributed by atoms with Gasteiger partial charge in [0.15, 0.2) is 0 Å². The molecule has 0 spiro atoms. The number of nitrogens with zero attached hydrogens (tertiary/aromatic N) is 1. The molecule has 1 heterocycles. The largest absolute Gasteiger partial charge is 0.419 e. The number of benzene rings is 1. The van der Waals surface area contributed by atoms with Gasteiger partial charge in [0.2, 0.25) is 5.91 Å². The van der Waals surface area contributed by atoms with Crippen LogP contribution in [0.1, 0.15) is 11.1 Å². The number of anilines is 2. The van der Waals surface area contributed by atoms with E-state index in [0.717, 1.165) is 11.6 Å². The zero-order chi connectivity index (χ0) is 20.6. The molecule has 0 aliphatic rings. The van der Waals surface area contributed by atoms with Crippen molar-refractivity contribution in [2.24, 2.45) is 0 Å². The number of alkyl halides is 3. The Bertz CT molecular complexity index is 827. The van der Waals surface area contributed by atoms with Gasteiger partial charge in [-0.25, -0.2) is 9.78 Å². The van der Waals surface area contributed by atoms with Crippen molar-refractivity contribution in [3.8, 4) is 0 Å². The number of nitrogens with one attached hydrogen (secondary N) is 4. The lowest BCUT2D eigenvalue weighted by Crippen LogP contribution is -2.40. The summed E-state index contributed by atoms with van der Waals surface area (Å²) < 4.78 is 38.5. The lowest BCUT2D eigenvalue weighted by Gasteiger charge is -2.13. The van der Waals surface area contributed by atoms with Crippen LogP contribution in [0.2, 0.25) is 0 Å². The zero-order valence-corrected chi connectivity index (χ0v) is 15.1. The van der Waals surface area contributed by atoms with Crippen LogP contribution in [0.15, 0.2) is 42.6 Å². The third-order valence-corrected chi connectivity index (χ3v) is 3.54. The number of hydrogen-bond donors (Lipinski definition) is 4. The second-order valence-electron chi connectivity index (χ2n) is 5.85. The highest BCUT2D eigenvalue weighted by atomic mass is 19.4. The summed E-state index contributed by atoms with van der Waals surface area (Å²) in [5.41, 5.74) is 0.693. The molecule has 2 rings (SSSR count). The number of carbonyl (C=O) groups excluding carboxylic acids is 2. The predicted octanol–water partition coefficient (Wildman–Crippen LogP) is 2.76. The fourth-order valence-corrected chi connectivity index (χ4v) is 2.28. The summed E-state index contributed by atoms with van der Waals surface area (Å²) in [5, 5.41) is 10.0. The van der Waals surface area contributed by atoms with Crippen LogP contribution in [0.5, 0.6) is 0 Å². The van der Waals surface area contributed by atoms with Crippen LogP contribution in [0.25, 0.3) is 0 Å². The molecular weight excluding hydrogens is 375 g/mol. The predicted molar refractivity (Wildman–Crippen MR) is 98.9 cm³/mol. The molecule has 0 saturated heterocycles. The SMILES string of the molecule is Cc1cccc(NC(=O)NCC(=O)NCCNc2ncccc2C(F)(F)F)c1. The van der Waals surface area contributed by atoms with Gasteiger partial charge in [0.05, 0.1) is 12.1 Å². The summed E-state index contributed by atoms with van der Waals surface area (Å²) in [6.45, 7) is 1.72. The van der Waals surface area contributed by atoms with Crippen LogP contribution >= 0.6 is 0 Å². The normalized spacial score (nSPS) is 10.9. The van der Waals surface area contributed by atoms with Gasteiger partial charge in [-0.05, 0) is 36.8 Å². The summed E-state index contributed by atoms with van der Waals surface area (Å²) in [5.74, 6) is -0.779. The maximum atomic E-state index is 12.8. The van der Waals surface area contributed by atoms with Crippen LogP contribution in [0.4, 0.5) is 29.5 Å². The lowest BCUT2D eigenvalue weighted by molar-refractivity contribution is -0.137. The first-order valence-electron chi connectivity index (χ1n) is 8.40. The Morgan fingerprint density at radius 1 is 1.07 bits per heavy atom. The first-order chi connectivity index (χ1) is 13.3. The van der Waals surface area contributed by atoms with Crippen LogP contribution < -0.4 is 21.3 Å². The van der Waals surface area contributed by atoms with Gasteiger partial charge in [-0.2, -0.15) is 13.2 Å². The van der Waals surface area contributed by atoms with E-state index in [4.69, 9.17) is 0 Å². The number of aryl methyl sites for hydroxylation is 1. The summed E-state index contributed by atoms with van der Waals surface area (Å²) in [7, 11) is 0. The molecule has 1 aromatic carbocycles. The third-order valence-electron chi connectivity index (χ3n) is 3.54. The summed E-state index contributed by atoms with van der Waals surface area (Å²) in [6.07, 6.45) is -3.28. The zero-order valence-electron chi connectivity index (χ0n) is 15.1. The molecule has 0 unspecified atom stereocenters. The second-order valence-corrected chi connectivity index (χ2v) is 5.85. The van der Waals surface area contributed by atoms with Gasteiger partial charge in [0.25, 0.3) is 0 Å². The van der Waals surface area contributed by atoms with Crippen molar-refractivity contribution in [3.05, 3.63) is 53.7 Å². The smallest absolute Gasteiger partial charge is 0.368 e. The van der Waals surface area contributed by atoms with Crippen molar-refractivity contribution in [3.63, 3.8) is 0 Å². The van der Waals surface area contributed by atoms with E-state index in [-0.39, 0.29) is 25.5 Å². The number of carbonyl (C=O) groups is 2. The molecule has 0 saturated carbocycles. The average molecular weight is 395 g/mol. The molecule has 150 valence electrons. The molecule has 0 fully saturated rings. The van der Waals surface area contributed by atoms with Crippen LogP contribution in [0, 0.1) is 6.92 Å². The molecule has 10 heteroatoms. The van der Waals surface area contributed by atoms with Gasteiger partial charge in [-0.3, -0.25) is 4.79 Å². The molecule has 0 aliphatic heterocycles. The Kier molecular flexibility index (Phi) is 7.19. The molecule has 28 heavy (non-hydrogen) atoms. The highest BCUT2D eigenvalue weighted by Gasteiger charge is 2.33. The van der Waals surface area contributed by atoms with Gasteiger partial charge >= 0.3 is 12.2 Å². The molecule has 1 aromatic heterocycles. The molecule has 0 bridgehead atoms. The second kappa shape index (κ2) is 9.58. The number of hydrogen-bond acceptors (Lipinski definition) is 4. The highest BCUT2D eigenvalue weighted by molar-refractivity contribution is 5.92. The van der Waals surface area contributed by atoms with Crippen molar-refractivity contribution >= 4 is 23.4 Å². The fourth-order valence-electron chi connectivity index (χ4n) is 2.28. The standard InChI is InChI=1S/C18H20F3N5O2/c1-12-4-2-5-13(10-12)26-17(28)25-11-15(27)22-8-9-24-16-14(18(19,20)21)6-3-7-23-16/h2-7,10H,8-9,11H2,1H3,(H,22,27)(H,23,24)(H2,25,26,28). The monoisotopic (exact) mass is 395 g/mol. The van der Waals surface area contributed by atoms with Crippen LogP contribution in [0.3, 0.4) is 0 Å². The van der Waals surface area contributed by atoms with E-state index in [2.05, 4.69) is 26.3 Å². The Morgan fingerprint density at radius 2 is 1.86 bits per heavy atom. The Labute approximate surface area is 159 Å². The van der Waals surface area contributed by atoms with Crippen LogP contribution in [-0.2, 0) is 11.0 Å². The van der Waals surface area contributed by atoms with E-state index < -0.39 is 23.7 Å². The molecule has 7 nitrogen and oxygen atoms in total. The Hall–Kier alpha value is -3.30. The van der Waals surface area contributed by atoms with E-state index in [1.54, 1.807) is 18.2 Å². The number of amides is 3. The van der Waals surface area contributed by atoms with E-state index in [0.29, 0.717) is 5.69 Å². The number of urea groups is 1. The molecule has 4 N–H and O–H groups in total. The summed E-state index contributed by atoms with van der Waals surface area (Å²) in [6, 6.07) is 8.74. The first-order valence-corrected chi connectivity index (χ1v) is 8.40. The quantitative estimate of drug-likeness (QED) is 0.542. The van der Waals surface area contributed by atoms with E-state index in [9.17, 15) is 22.8 Å². The van der Waals surface area contributed by atoms with Gasteiger partial charge in [-0.15, -0.1) is 0 Å². The fraction of sp³-hybridized carbons (Fsp3) is 0.278. The molecule has 2 aromatic rings. The van der Waals surface area contributed by atoms with Crippen molar-refractivity contribution in [2.45, 2.75) is 13.1 Å². The van der Waals surface area contributed by atoms with Gasteiger partial charge in [0.1, 0.15) is 5.82 Å². The maximum absolute atomic E-state index is 12.8. The number of pyridine rings is 1. The lowest BCUT2D eigenvalue weighted by atomic mass is 10.2. The number of halogens is 3. The van der Waals surface area contributed by atoms with Crippen molar-refractivity contribution in [2.75, 3.05) is 30.3 Å². The van der Waals surface area contributed by atoms with E-state index in [1.807, 2.05) is 13.0 Å². The number of rotatable bonds is 7. The molecule has 0 atom stereocenters. The van der Waals surface area contributed by atoms with Gasteiger partial charge < -0.3 is 21.3 Å². The Morgan fingerprint density at radius 3 is 2.57 bits per heavy atom.